The van der Waals surface area contributed by atoms with E-state index in [0.717, 1.165) is 11.8 Å². The van der Waals surface area contributed by atoms with Gasteiger partial charge >= 0.3 is 0 Å². The maximum absolute atomic E-state index is 2.66. The fraction of sp³-hybridized carbons (Fsp3) is 0.571. The summed E-state index contributed by atoms with van der Waals surface area (Å²) in [6, 6.07) is 19.2. The molecule has 3 aromatic rings. The van der Waals surface area contributed by atoms with E-state index < -0.39 is 8.07 Å². The number of aromatic nitrogens is 1. The summed E-state index contributed by atoms with van der Waals surface area (Å²) in [5.74, 6) is 1.49. The van der Waals surface area contributed by atoms with Gasteiger partial charge in [0, 0.05) is 6.07 Å². The van der Waals surface area contributed by atoms with Gasteiger partial charge in [-0.25, -0.2) is 4.57 Å². The Morgan fingerprint density at radius 1 is 0.757 bits per heavy atom. The van der Waals surface area contributed by atoms with Gasteiger partial charge in [-0.2, -0.15) is 0 Å². The van der Waals surface area contributed by atoms with Crippen molar-refractivity contribution in [3.8, 4) is 11.3 Å². The summed E-state index contributed by atoms with van der Waals surface area (Å²) in [5.41, 5.74) is 7.75. The van der Waals surface area contributed by atoms with Gasteiger partial charge in [-0.1, -0.05) is 101 Å². The molecular weight excluding hydrogens is 462 g/mol. The molecule has 1 heterocycles. The third kappa shape index (κ3) is 5.08. The lowest BCUT2D eigenvalue weighted by molar-refractivity contribution is -0.659. The van der Waals surface area contributed by atoms with E-state index >= 15 is 0 Å². The zero-order chi connectivity index (χ0) is 26.0. The zero-order valence-electron chi connectivity index (χ0n) is 24.3. The molecule has 2 saturated carbocycles. The topological polar surface area (TPSA) is 3.88 Å². The highest BCUT2D eigenvalue weighted by Crippen LogP contribution is 2.42. The van der Waals surface area contributed by atoms with Crippen molar-refractivity contribution in [1.29, 1.82) is 0 Å². The highest BCUT2D eigenvalue weighted by Gasteiger charge is 2.31. The van der Waals surface area contributed by atoms with E-state index in [-0.39, 0.29) is 0 Å². The fourth-order valence-electron chi connectivity index (χ4n) is 7.92. The number of nitrogens with zero attached hydrogens (tertiary/aromatic N) is 1. The van der Waals surface area contributed by atoms with Crippen LogP contribution in [-0.2, 0) is 7.05 Å². The molecule has 0 atom stereocenters. The molecule has 0 amide bonds. The number of fused-ring (bicyclic) bond motifs is 1. The Kier molecular flexibility index (Phi) is 8.24. The second-order valence-electron chi connectivity index (χ2n) is 12.4. The lowest BCUT2D eigenvalue weighted by atomic mass is 9.76. The van der Waals surface area contributed by atoms with Crippen molar-refractivity contribution < 1.29 is 4.57 Å². The summed E-state index contributed by atoms with van der Waals surface area (Å²) in [4.78, 5) is 0. The van der Waals surface area contributed by atoms with Crippen LogP contribution in [0.5, 0.6) is 0 Å². The Morgan fingerprint density at radius 3 is 2.00 bits per heavy atom. The normalized spacial score (nSPS) is 18.0. The van der Waals surface area contributed by atoms with Gasteiger partial charge in [-0.15, -0.1) is 0 Å². The lowest BCUT2D eigenvalue weighted by Gasteiger charge is -2.29. The molecule has 0 bridgehead atoms. The number of pyridine rings is 1. The number of aryl methyl sites for hydroxylation is 1. The third-order valence-corrected chi connectivity index (χ3v) is 16.2. The van der Waals surface area contributed by atoms with Gasteiger partial charge in [0.2, 0.25) is 5.69 Å². The first-order valence-electron chi connectivity index (χ1n) is 15.6. The number of rotatable bonds is 7. The first kappa shape index (κ1) is 26.7. The molecule has 2 heteroatoms. The second-order valence-corrected chi connectivity index (χ2v) is 17.6. The highest BCUT2D eigenvalue weighted by molar-refractivity contribution is 6.91. The summed E-state index contributed by atoms with van der Waals surface area (Å²) in [7, 11) is 0.861. The maximum atomic E-state index is 2.66. The maximum Gasteiger partial charge on any atom is 0.220 e. The summed E-state index contributed by atoms with van der Waals surface area (Å²) >= 11 is 0. The highest BCUT2D eigenvalue weighted by atomic mass is 28.3. The molecule has 0 spiro atoms. The van der Waals surface area contributed by atoms with E-state index in [1.54, 1.807) is 16.3 Å². The molecule has 198 valence electrons. The SMILES string of the molecule is CC[Si](CC)(CC)c1ccc2c(-c3cc(C4CCCCC4)cc(C4CCCCC4)c3C)[n+](C)ccc2c1. The van der Waals surface area contributed by atoms with Crippen molar-refractivity contribution in [3.05, 3.63) is 59.3 Å². The average molecular weight is 513 g/mol. The Labute approximate surface area is 227 Å². The average Bonchev–Trinajstić information content (AvgIpc) is 2.95. The predicted octanol–water partition coefficient (Wildman–Crippen LogP) is 9.45. The van der Waals surface area contributed by atoms with E-state index in [1.807, 2.05) is 0 Å². The van der Waals surface area contributed by atoms with Crippen molar-refractivity contribution in [3.63, 3.8) is 0 Å². The monoisotopic (exact) mass is 512 g/mol. The fourth-order valence-corrected chi connectivity index (χ4v) is 11.5. The van der Waals surface area contributed by atoms with Crippen LogP contribution in [0.3, 0.4) is 0 Å². The van der Waals surface area contributed by atoms with E-state index in [1.165, 1.54) is 110 Å². The van der Waals surface area contributed by atoms with E-state index in [9.17, 15) is 0 Å². The molecule has 0 radical (unpaired) electrons. The van der Waals surface area contributed by atoms with E-state index in [2.05, 4.69) is 81.9 Å². The van der Waals surface area contributed by atoms with Crippen LogP contribution in [0.4, 0.5) is 0 Å². The minimum absolute atomic E-state index is 0.743. The molecule has 2 aliphatic carbocycles. The molecule has 0 N–H and O–H groups in total. The second kappa shape index (κ2) is 11.4. The van der Waals surface area contributed by atoms with Crippen molar-refractivity contribution in [2.75, 3.05) is 0 Å². The van der Waals surface area contributed by atoms with Crippen LogP contribution in [0.15, 0.2) is 42.6 Å². The Morgan fingerprint density at radius 2 is 1.38 bits per heavy atom. The predicted molar refractivity (Wildman–Crippen MR) is 164 cm³/mol. The smallest absolute Gasteiger partial charge is 0.200 e. The van der Waals surface area contributed by atoms with Gasteiger partial charge in [-0.3, -0.25) is 0 Å². The molecule has 2 aromatic carbocycles. The van der Waals surface area contributed by atoms with Gasteiger partial charge in [0.05, 0.1) is 19.0 Å². The third-order valence-electron chi connectivity index (χ3n) is 10.6. The molecule has 0 unspecified atom stereocenters. The quantitative estimate of drug-likeness (QED) is 0.219. The van der Waals surface area contributed by atoms with Crippen LogP contribution in [0.1, 0.15) is 114 Å². The molecule has 5 rings (SSSR count). The Balaban J connectivity index is 1.69. The van der Waals surface area contributed by atoms with Crippen LogP contribution in [0.2, 0.25) is 18.1 Å². The van der Waals surface area contributed by atoms with Crippen molar-refractivity contribution in [1.82, 2.24) is 0 Å². The van der Waals surface area contributed by atoms with E-state index in [0.29, 0.717) is 0 Å². The number of hydrogen-bond acceptors (Lipinski definition) is 0. The molecular formula is C35H50NSi+. The minimum Gasteiger partial charge on any atom is -0.200 e. The van der Waals surface area contributed by atoms with Crippen molar-refractivity contribution in [2.45, 2.75) is 122 Å². The van der Waals surface area contributed by atoms with Crippen LogP contribution in [-0.4, -0.2) is 8.07 Å². The van der Waals surface area contributed by atoms with E-state index in [4.69, 9.17) is 0 Å². The molecule has 1 aromatic heterocycles. The molecule has 0 aliphatic heterocycles. The number of hydrogen-bond donors (Lipinski definition) is 0. The largest absolute Gasteiger partial charge is 0.220 e. The first-order chi connectivity index (χ1) is 18.0. The summed E-state index contributed by atoms with van der Waals surface area (Å²) < 4.78 is 2.41. The standard InChI is InChI=1S/C35H50NSi/c1-6-37(7-2,8-3)31-19-20-32-29(23-31)21-22-36(5)35(32)34-25-30(27-15-11-9-12-16-27)24-33(26(34)4)28-17-13-10-14-18-28/h19-25,27-28H,6-18H2,1-5H3/q+1. The molecule has 2 fully saturated rings. The van der Waals surface area contributed by atoms with Crippen LogP contribution < -0.4 is 9.75 Å². The molecule has 37 heavy (non-hydrogen) atoms. The summed E-state index contributed by atoms with van der Waals surface area (Å²) in [6.45, 7) is 9.70. The van der Waals surface area contributed by atoms with Crippen molar-refractivity contribution in [2.24, 2.45) is 7.05 Å². The zero-order valence-corrected chi connectivity index (χ0v) is 25.3. The van der Waals surface area contributed by atoms with Crippen LogP contribution in [0.25, 0.3) is 22.0 Å². The summed E-state index contributed by atoms with van der Waals surface area (Å²) in [5, 5.41) is 4.51. The molecule has 2 aliphatic rings. The minimum atomic E-state index is -1.40. The van der Waals surface area contributed by atoms with Gasteiger partial charge in [0.15, 0.2) is 6.20 Å². The van der Waals surface area contributed by atoms with Gasteiger partial charge in [0.25, 0.3) is 0 Å². The first-order valence-corrected chi connectivity index (χ1v) is 18.2. The van der Waals surface area contributed by atoms with Crippen LogP contribution >= 0.6 is 0 Å². The Bertz CT molecular complexity index is 1220. The van der Waals surface area contributed by atoms with Crippen LogP contribution in [0, 0.1) is 6.92 Å². The summed E-state index contributed by atoms with van der Waals surface area (Å²) in [6.07, 6.45) is 16.2. The van der Waals surface area contributed by atoms with Gasteiger partial charge in [-0.05, 0) is 78.7 Å². The lowest BCUT2D eigenvalue weighted by Crippen LogP contribution is -2.45. The van der Waals surface area contributed by atoms with Gasteiger partial charge in [0.1, 0.15) is 7.05 Å². The Hall–Kier alpha value is -1.93. The number of benzene rings is 2. The molecule has 0 saturated heterocycles. The van der Waals surface area contributed by atoms with Crippen molar-refractivity contribution >= 4 is 24.0 Å². The van der Waals surface area contributed by atoms with Gasteiger partial charge < -0.3 is 0 Å². The molecule has 1 nitrogen and oxygen atoms in total.